The Morgan fingerprint density at radius 3 is 2.33 bits per heavy atom. The Labute approximate surface area is 127 Å². The number of hydrogen-bond donors (Lipinski definition) is 3. The van der Waals surface area contributed by atoms with Crippen molar-refractivity contribution in [1.82, 2.24) is 5.32 Å². The Morgan fingerprint density at radius 1 is 1.19 bits per heavy atom. The summed E-state index contributed by atoms with van der Waals surface area (Å²) in [6, 6.07) is 9.47. The van der Waals surface area contributed by atoms with E-state index >= 15 is 0 Å². The first-order valence-electron chi connectivity index (χ1n) is 7.66. The Morgan fingerprint density at radius 2 is 1.81 bits per heavy atom. The molecule has 4 heteroatoms. The SMILES string of the molecule is CC(C)C[C@H](N)C(=O)NCC(CC(C)O)c1ccccc1. The van der Waals surface area contributed by atoms with E-state index in [1.807, 2.05) is 44.2 Å². The number of benzene rings is 1. The first-order valence-corrected chi connectivity index (χ1v) is 7.66. The highest BCUT2D eigenvalue weighted by Gasteiger charge is 2.18. The lowest BCUT2D eigenvalue weighted by atomic mass is 9.93. The number of carbonyl (C=O) groups is 1. The van der Waals surface area contributed by atoms with Gasteiger partial charge < -0.3 is 16.2 Å². The Kier molecular flexibility index (Phi) is 7.40. The van der Waals surface area contributed by atoms with Gasteiger partial charge in [-0.2, -0.15) is 0 Å². The summed E-state index contributed by atoms with van der Waals surface area (Å²) in [5.41, 5.74) is 7.00. The first kappa shape index (κ1) is 17.7. The number of hydrogen-bond acceptors (Lipinski definition) is 3. The second-order valence-corrected chi connectivity index (χ2v) is 6.17. The summed E-state index contributed by atoms with van der Waals surface area (Å²) in [5.74, 6) is 0.379. The molecular formula is C17H28N2O2. The van der Waals surface area contributed by atoms with Gasteiger partial charge in [-0.15, -0.1) is 0 Å². The second-order valence-electron chi connectivity index (χ2n) is 6.17. The molecule has 0 heterocycles. The van der Waals surface area contributed by atoms with Crippen LogP contribution in [0.25, 0.3) is 0 Å². The minimum atomic E-state index is -0.465. The van der Waals surface area contributed by atoms with Crippen LogP contribution in [0.5, 0.6) is 0 Å². The molecule has 0 fully saturated rings. The van der Waals surface area contributed by atoms with Crippen LogP contribution in [-0.4, -0.2) is 29.7 Å². The normalized spacial score (nSPS) is 15.5. The van der Waals surface area contributed by atoms with Gasteiger partial charge in [0.15, 0.2) is 0 Å². The monoisotopic (exact) mass is 292 g/mol. The first-order chi connectivity index (χ1) is 9.90. The molecular weight excluding hydrogens is 264 g/mol. The van der Waals surface area contributed by atoms with Crippen molar-refractivity contribution in [2.45, 2.75) is 51.7 Å². The van der Waals surface area contributed by atoms with E-state index in [0.29, 0.717) is 25.3 Å². The third-order valence-corrected chi connectivity index (χ3v) is 3.48. The predicted molar refractivity (Wildman–Crippen MR) is 85.9 cm³/mol. The standard InChI is InChI=1S/C17H28N2O2/c1-12(2)9-16(18)17(21)19-11-15(10-13(3)20)14-7-5-4-6-8-14/h4-8,12-13,15-16,20H,9-11,18H2,1-3H3,(H,19,21)/t13?,15?,16-/m0/s1. The highest BCUT2D eigenvalue weighted by atomic mass is 16.3. The van der Waals surface area contributed by atoms with Crippen LogP contribution in [0.4, 0.5) is 0 Å². The maximum Gasteiger partial charge on any atom is 0.236 e. The molecule has 4 N–H and O–H groups in total. The largest absolute Gasteiger partial charge is 0.393 e. The summed E-state index contributed by atoms with van der Waals surface area (Å²) in [6.45, 7) is 6.36. The van der Waals surface area contributed by atoms with Gasteiger partial charge in [0.2, 0.25) is 5.91 Å². The van der Waals surface area contributed by atoms with E-state index in [2.05, 4.69) is 5.32 Å². The van der Waals surface area contributed by atoms with Crippen molar-refractivity contribution < 1.29 is 9.90 Å². The molecule has 4 nitrogen and oxygen atoms in total. The lowest BCUT2D eigenvalue weighted by Gasteiger charge is -2.21. The summed E-state index contributed by atoms with van der Waals surface area (Å²) < 4.78 is 0. The smallest absolute Gasteiger partial charge is 0.236 e. The van der Waals surface area contributed by atoms with Crippen LogP contribution in [0.1, 0.15) is 45.1 Å². The molecule has 0 saturated carbocycles. The molecule has 0 aliphatic carbocycles. The quantitative estimate of drug-likeness (QED) is 0.686. The zero-order chi connectivity index (χ0) is 15.8. The Hall–Kier alpha value is -1.39. The molecule has 0 bridgehead atoms. The van der Waals surface area contributed by atoms with Crippen LogP contribution in [-0.2, 0) is 4.79 Å². The van der Waals surface area contributed by atoms with Crippen molar-refractivity contribution in [2.75, 3.05) is 6.54 Å². The summed E-state index contributed by atoms with van der Waals surface area (Å²) in [4.78, 5) is 12.0. The maximum atomic E-state index is 12.0. The Bertz CT molecular complexity index is 418. The molecule has 21 heavy (non-hydrogen) atoms. The van der Waals surface area contributed by atoms with Gasteiger partial charge in [-0.25, -0.2) is 0 Å². The fourth-order valence-corrected chi connectivity index (χ4v) is 2.44. The van der Waals surface area contributed by atoms with Crippen LogP contribution >= 0.6 is 0 Å². The minimum Gasteiger partial charge on any atom is -0.393 e. The van der Waals surface area contributed by atoms with Gasteiger partial charge in [0.05, 0.1) is 12.1 Å². The molecule has 1 rings (SSSR count). The van der Waals surface area contributed by atoms with Gasteiger partial charge in [-0.05, 0) is 31.2 Å². The van der Waals surface area contributed by atoms with Crippen molar-refractivity contribution in [3.05, 3.63) is 35.9 Å². The molecule has 0 aliphatic rings. The summed E-state index contributed by atoms with van der Waals surface area (Å²) in [5, 5.41) is 12.6. The molecule has 1 amide bonds. The van der Waals surface area contributed by atoms with Crippen molar-refractivity contribution in [3.63, 3.8) is 0 Å². The molecule has 3 atom stereocenters. The van der Waals surface area contributed by atoms with E-state index in [9.17, 15) is 9.90 Å². The third kappa shape index (κ3) is 6.74. The highest BCUT2D eigenvalue weighted by molar-refractivity contribution is 5.81. The summed E-state index contributed by atoms with van der Waals surface area (Å²) in [7, 11) is 0. The predicted octanol–water partition coefficient (Wildman–Crippen LogP) is 2.03. The average Bonchev–Trinajstić information content (AvgIpc) is 2.42. The molecule has 0 aliphatic heterocycles. The average molecular weight is 292 g/mol. The van der Waals surface area contributed by atoms with Crippen molar-refractivity contribution in [2.24, 2.45) is 11.7 Å². The van der Waals surface area contributed by atoms with E-state index in [1.54, 1.807) is 6.92 Å². The van der Waals surface area contributed by atoms with Crippen LogP contribution < -0.4 is 11.1 Å². The number of nitrogens with two attached hydrogens (primary N) is 1. The highest BCUT2D eigenvalue weighted by Crippen LogP contribution is 2.20. The molecule has 1 aromatic carbocycles. The molecule has 0 aromatic heterocycles. The lowest BCUT2D eigenvalue weighted by Crippen LogP contribution is -2.43. The molecule has 0 spiro atoms. The number of aliphatic hydroxyl groups is 1. The lowest BCUT2D eigenvalue weighted by molar-refractivity contribution is -0.122. The van der Waals surface area contributed by atoms with Gasteiger partial charge in [0.1, 0.15) is 0 Å². The van der Waals surface area contributed by atoms with Gasteiger partial charge in [0, 0.05) is 12.5 Å². The molecule has 2 unspecified atom stereocenters. The van der Waals surface area contributed by atoms with Crippen molar-refractivity contribution in [3.8, 4) is 0 Å². The fourth-order valence-electron chi connectivity index (χ4n) is 2.44. The topological polar surface area (TPSA) is 75.4 Å². The number of carbonyl (C=O) groups excluding carboxylic acids is 1. The minimum absolute atomic E-state index is 0.0985. The summed E-state index contributed by atoms with van der Waals surface area (Å²) in [6.07, 6.45) is 0.888. The number of amides is 1. The Balaban J connectivity index is 2.60. The zero-order valence-corrected chi connectivity index (χ0v) is 13.3. The van der Waals surface area contributed by atoms with E-state index < -0.39 is 12.1 Å². The molecule has 0 radical (unpaired) electrons. The molecule has 118 valence electrons. The van der Waals surface area contributed by atoms with Gasteiger partial charge in [-0.3, -0.25) is 4.79 Å². The summed E-state index contributed by atoms with van der Waals surface area (Å²) >= 11 is 0. The van der Waals surface area contributed by atoms with Gasteiger partial charge >= 0.3 is 0 Å². The number of nitrogens with one attached hydrogen (secondary N) is 1. The zero-order valence-electron chi connectivity index (χ0n) is 13.3. The van der Waals surface area contributed by atoms with Crippen LogP contribution in [0.2, 0.25) is 0 Å². The molecule has 0 saturated heterocycles. The molecule has 1 aromatic rings. The van der Waals surface area contributed by atoms with Gasteiger partial charge in [-0.1, -0.05) is 44.2 Å². The van der Waals surface area contributed by atoms with E-state index in [0.717, 1.165) is 5.56 Å². The van der Waals surface area contributed by atoms with Crippen LogP contribution in [0.3, 0.4) is 0 Å². The van der Waals surface area contributed by atoms with Crippen molar-refractivity contribution in [1.29, 1.82) is 0 Å². The third-order valence-electron chi connectivity index (χ3n) is 3.48. The fraction of sp³-hybridized carbons (Fsp3) is 0.588. The second kappa shape index (κ2) is 8.80. The van der Waals surface area contributed by atoms with Crippen LogP contribution in [0.15, 0.2) is 30.3 Å². The van der Waals surface area contributed by atoms with E-state index in [1.165, 1.54) is 0 Å². The van der Waals surface area contributed by atoms with Crippen molar-refractivity contribution >= 4 is 5.91 Å². The number of aliphatic hydroxyl groups excluding tert-OH is 1. The van der Waals surface area contributed by atoms with Gasteiger partial charge in [0.25, 0.3) is 0 Å². The maximum absolute atomic E-state index is 12.0. The number of rotatable bonds is 8. The van der Waals surface area contributed by atoms with E-state index in [-0.39, 0.29) is 11.8 Å². The van der Waals surface area contributed by atoms with Crippen LogP contribution in [0, 0.1) is 5.92 Å². The van der Waals surface area contributed by atoms with E-state index in [4.69, 9.17) is 5.73 Å².